The Kier molecular flexibility index (Phi) is 5.69. The van der Waals surface area contributed by atoms with Gasteiger partial charge in [0.15, 0.2) is 0 Å². The van der Waals surface area contributed by atoms with Crippen LogP contribution >= 0.6 is 0 Å². The molecule has 1 aliphatic rings. The van der Waals surface area contributed by atoms with E-state index in [-0.39, 0.29) is 11.7 Å². The highest BCUT2D eigenvalue weighted by Crippen LogP contribution is 2.23. The molecule has 0 spiro atoms. The normalized spacial score (nSPS) is 15.3. The molecule has 1 heterocycles. The molecule has 0 atom stereocenters. The molecule has 1 saturated heterocycles. The Bertz CT molecular complexity index is 723. The van der Waals surface area contributed by atoms with Gasteiger partial charge in [-0.15, -0.1) is 0 Å². The van der Waals surface area contributed by atoms with Gasteiger partial charge >= 0.3 is 0 Å². The van der Waals surface area contributed by atoms with Crippen molar-refractivity contribution in [1.82, 2.24) is 4.90 Å². The van der Waals surface area contributed by atoms with Crippen LogP contribution in [0, 0.1) is 11.7 Å². The maximum atomic E-state index is 13.3. The second kappa shape index (κ2) is 8.15. The van der Waals surface area contributed by atoms with Crippen molar-refractivity contribution in [3.8, 4) is 0 Å². The molecule has 4 heteroatoms. The number of rotatable bonds is 5. The molecule has 0 aromatic heterocycles. The van der Waals surface area contributed by atoms with Crippen molar-refractivity contribution in [2.75, 3.05) is 18.8 Å². The third kappa shape index (κ3) is 4.81. The standard InChI is InChI=1S/C21H25FN2O/c22-19-6-3-4-17(15-19)14-16-10-12-24(13-11-16)21(25)9-8-18-5-1-2-7-20(18)23/h1-7,15-16H,8-14,23H2. The van der Waals surface area contributed by atoms with E-state index in [1.165, 1.54) is 6.07 Å². The number of aryl methyl sites for hydroxylation is 1. The fourth-order valence-corrected chi connectivity index (χ4v) is 3.55. The summed E-state index contributed by atoms with van der Waals surface area (Å²) in [7, 11) is 0. The first-order chi connectivity index (χ1) is 12.1. The second-order valence-corrected chi connectivity index (χ2v) is 6.86. The van der Waals surface area contributed by atoms with Crippen molar-refractivity contribution in [1.29, 1.82) is 0 Å². The Morgan fingerprint density at radius 1 is 1.12 bits per heavy atom. The number of carbonyl (C=O) groups is 1. The van der Waals surface area contributed by atoms with Gasteiger partial charge in [0, 0.05) is 25.2 Å². The van der Waals surface area contributed by atoms with Gasteiger partial charge in [-0.3, -0.25) is 4.79 Å². The molecule has 1 amide bonds. The molecule has 0 radical (unpaired) electrons. The van der Waals surface area contributed by atoms with Crippen LogP contribution in [0.1, 0.15) is 30.4 Å². The number of para-hydroxylation sites is 1. The Labute approximate surface area is 148 Å². The van der Waals surface area contributed by atoms with Crippen molar-refractivity contribution >= 4 is 11.6 Å². The van der Waals surface area contributed by atoms with Gasteiger partial charge in [-0.25, -0.2) is 4.39 Å². The molecule has 0 bridgehead atoms. The highest BCUT2D eigenvalue weighted by Gasteiger charge is 2.22. The Hall–Kier alpha value is -2.36. The van der Waals surface area contributed by atoms with E-state index in [0.29, 0.717) is 18.8 Å². The first-order valence-electron chi connectivity index (χ1n) is 8.97. The van der Waals surface area contributed by atoms with E-state index < -0.39 is 0 Å². The van der Waals surface area contributed by atoms with Crippen molar-refractivity contribution in [2.45, 2.75) is 32.1 Å². The maximum absolute atomic E-state index is 13.3. The summed E-state index contributed by atoms with van der Waals surface area (Å²) < 4.78 is 13.3. The van der Waals surface area contributed by atoms with Gasteiger partial charge in [0.1, 0.15) is 5.82 Å². The van der Waals surface area contributed by atoms with Crippen LogP contribution in [0.2, 0.25) is 0 Å². The summed E-state index contributed by atoms with van der Waals surface area (Å²) in [6, 6.07) is 14.5. The van der Waals surface area contributed by atoms with Crippen LogP contribution in [0.5, 0.6) is 0 Å². The Morgan fingerprint density at radius 3 is 2.60 bits per heavy atom. The van der Waals surface area contributed by atoms with Gasteiger partial charge < -0.3 is 10.6 Å². The SMILES string of the molecule is Nc1ccccc1CCC(=O)N1CCC(Cc2cccc(F)c2)CC1. The van der Waals surface area contributed by atoms with E-state index in [4.69, 9.17) is 5.73 Å². The van der Waals surface area contributed by atoms with Crippen molar-refractivity contribution < 1.29 is 9.18 Å². The molecule has 1 fully saturated rings. The minimum Gasteiger partial charge on any atom is -0.399 e. The molecule has 2 aromatic rings. The number of nitrogens with two attached hydrogens (primary N) is 1. The Balaban J connectivity index is 1.45. The minimum absolute atomic E-state index is 0.176. The fourth-order valence-electron chi connectivity index (χ4n) is 3.55. The lowest BCUT2D eigenvalue weighted by atomic mass is 9.90. The topological polar surface area (TPSA) is 46.3 Å². The quantitative estimate of drug-likeness (QED) is 0.841. The molecule has 0 unspecified atom stereocenters. The monoisotopic (exact) mass is 340 g/mol. The lowest BCUT2D eigenvalue weighted by Crippen LogP contribution is -2.39. The van der Waals surface area contributed by atoms with Crippen LogP contribution in [-0.4, -0.2) is 23.9 Å². The van der Waals surface area contributed by atoms with Gasteiger partial charge in [0.2, 0.25) is 5.91 Å². The molecule has 132 valence electrons. The number of halogens is 1. The fraction of sp³-hybridized carbons (Fsp3) is 0.381. The predicted octanol–water partition coefficient (Wildman–Crippen LogP) is 3.82. The number of benzene rings is 2. The predicted molar refractivity (Wildman–Crippen MR) is 98.6 cm³/mol. The van der Waals surface area contributed by atoms with Crippen molar-refractivity contribution in [2.24, 2.45) is 5.92 Å². The zero-order valence-corrected chi connectivity index (χ0v) is 14.5. The third-order valence-corrected chi connectivity index (χ3v) is 5.04. The summed E-state index contributed by atoms with van der Waals surface area (Å²) in [5.74, 6) is 0.549. The molecule has 0 saturated carbocycles. The number of hydrogen-bond donors (Lipinski definition) is 1. The zero-order valence-electron chi connectivity index (χ0n) is 14.5. The van der Waals surface area contributed by atoms with E-state index in [9.17, 15) is 9.18 Å². The van der Waals surface area contributed by atoms with E-state index in [1.54, 1.807) is 12.1 Å². The van der Waals surface area contributed by atoms with Gasteiger partial charge in [0.05, 0.1) is 0 Å². The van der Waals surface area contributed by atoms with Gasteiger partial charge in [-0.05, 0) is 60.9 Å². The second-order valence-electron chi connectivity index (χ2n) is 6.86. The van der Waals surface area contributed by atoms with Gasteiger partial charge in [-0.2, -0.15) is 0 Å². The van der Waals surface area contributed by atoms with Gasteiger partial charge in [0.25, 0.3) is 0 Å². The van der Waals surface area contributed by atoms with E-state index in [0.717, 1.165) is 49.2 Å². The molecular formula is C21H25FN2O. The molecule has 0 aliphatic carbocycles. The van der Waals surface area contributed by atoms with Crippen LogP contribution in [0.3, 0.4) is 0 Å². The molecular weight excluding hydrogens is 315 g/mol. The largest absolute Gasteiger partial charge is 0.399 e. The average molecular weight is 340 g/mol. The molecule has 2 aromatic carbocycles. The highest BCUT2D eigenvalue weighted by atomic mass is 19.1. The van der Waals surface area contributed by atoms with Crippen LogP contribution in [0.15, 0.2) is 48.5 Å². The number of nitrogens with zero attached hydrogens (tertiary/aromatic N) is 1. The smallest absolute Gasteiger partial charge is 0.222 e. The number of amides is 1. The summed E-state index contributed by atoms with van der Waals surface area (Å²) in [6.07, 6.45) is 4.04. The third-order valence-electron chi connectivity index (χ3n) is 5.04. The minimum atomic E-state index is -0.176. The van der Waals surface area contributed by atoms with Crippen LogP contribution < -0.4 is 5.73 Å². The zero-order chi connectivity index (χ0) is 17.6. The van der Waals surface area contributed by atoms with E-state index >= 15 is 0 Å². The molecule has 2 N–H and O–H groups in total. The van der Waals surface area contributed by atoms with Crippen molar-refractivity contribution in [3.05, 3.63) is 65.5 Å². The Morgan fingerprint density at radius 2 is 1.88 bits per heavy atom. The van der Waals surface area contributed by atoms with Gasteiger partial charge in [-0.1, -0.05) is 30.3 Å². The summed E-state index contributed by atoms with van der Waals surface area (Å²) in [4.78, 5) is 14.4. The average Bonchev–Trinajstić information content (AvgIpc) is 2.61. The summed E-state index contributed by atoms with van der Waals surface area (Å²) in [5.41, 5.74) is 8.77. The van der Waals surface area contributed by atoms with Crippen LogP contribution in [0.25, 0.3) is 0 Å². The van der Waals surface area contributed by atoms with E-state index in [1.807, 2.05) is 35.2 Å². The summed E-state index contributed by atoms with van der Waals surface area (Å²) in [5, 5.41) is 0. The van der Waals surface area contributed by atoms with E-state index in [2.05, 4.69) is 0 Å². The number of carbonyl (C=O) groups excluding carboxylic acids is 1. The lowest BCUT2D eigenvalue weighted by molar-refractivity contribution is -0.132. The van der Waals surface area contributed by atoms with Crippen molar-refractivity contribution in [3.63, 3.8) is 0 Å². The number of nitrogen functional groups attached to an aromatic ring is 1. The molecule has 1 aliphatic heterocycles. The first-order valence-corrected chi connectivity index (χ1v) is 8.97. The molecule has 3 nitrogen and oxygen atoms in total. The molecule has 25 heavy (non-hydrogen) atoms. The summed E-state index contributed by atoms with van der Waals surface area (Å²) >= 11 is 0. The number of anilines is 1. The number of piperidine rings is 1. The summed E-state index contributed by atoms with van der Waals surface area (Å²) in [6.45, 7) is 1.59. The number of likely N-dealkylation sites (tertiary alicyclic amines) is 1. The highest BCUT2D eigenvalue weighted by molar-refractivity contribution is 5.76. The lowest BCUT2D eigenvalue weighted by Gasteiger charge is -2.32. The number of hydrogen-bond acceptors (Lipinski definition) is 2. The maximum Gasteiger partial charge on any atom is 0.222 e. The molecule has 3 rings (SSSR count). The van der Waals surface area contributed by atoms with Crippen LogP contribution in [-0.2, 0) is 17.6 Å². The van der Waals surface area contributed by atoms with Crippen LogP contribution in [0.4, 0.5) is 10.1 Å². The first kappa shape index (κ1) is 17.5.